The molecule has 0 fully saturated rings. The predicted octanol–water partition coefficient (Wildman–Crippen LogP) is 2.29. The Morgan fingerprint density at radius 2 is 1.85 bits per heavy atom. The number of hydrogen-bond donors (Lipinski definition) is 1. The Balaban J connectivity index is 2.88. The molecule has 0 saturated carbocycles. The van der Waals surface area contributed by atoms with E-state index >= 15 is 0 Å². The molecular formula is C15H24N2O2S. The van der Waals surface area contributed by atoms with Gasteiger partial charge in [-0.2, -0.15) is 4.31 Å². The van der Waals surface area contributed by atoms with Crippen molar-refractivity contribution in [1.82, 2.24) is 4.31 Å². The van der Waals surface area contributed by atoms with Crippen LogP contribution in [0.15, 0.2) is 35.7 Å². The van der Waals surface area contributed by atoms with Crippen LogP contribution < -0.4 is 5.73 Å². The second-order valence-corrected chi connectivity index (χ2v) is 7.37. The molecule has 0 bridgehead atoms. The molecule has 20 heavy (non-hydrogen) atoms. The number of nitrogens with zero attached hydrogens (tertiary/aromatic N) is 1. The third-order valence-electron chi connectivity index (χ3n) is 3.10. The summed E-state index contributed by atoms with van der Waals surface area (Å²) in [7, 11) is -3.42. The van der Waals surface area contributed by atoms with Crippen LogP contribution in [0.1, 0.15) is 26.3 Å². The molecular weight excluding hydrogens is 272 g/mol. The maximum absolute atomic E-state index is 12.3. The number of sulfonamides is 1. The van der Waals surface area contributed by atoms with Gasteiger partial charge in [0, 0.05) is 18.5 Å². The van der Waals surface area contributed by atoms with E-state index < -0.39 is 10.0 Å². The number of rotatable bonds is 7. The fourth-order valence-electron chi connectivity index (χ4n) is 1.74. The molecule has 1 rings (SSSR count). The van der Waals surface area contributed by atoms with E-state index in [1.807, 2.05) is 51.1 Å². The monoisotopic (exact) mass is 296 g/mol. The highest BCUT2D eigenvalue weighted by Crippen LogP contribution is 2.18. The van der Waals surface area contributed by atoms with E-state index in [0.717, 1.165) is 5.56 Å². The molecule has 112 valence electrons. The highest BCUT2D eigenvalue weighted by molar-refractivity contribution is 7.92. The van der Waals surface area contributed by atoms with Gasteiger partial charge in [-0.3, -0.25) is 0 Å². The predicted molar refractivity (Wildman–Crippen MR) is 84.5 cm³/mol. The highest BCUT2D eigenvalue weighted by Gasteiger charge is 2.25. The van der Waals surface area contributed by atoms with Crippen LogP contribution in [-0.2, 0) is 10.0 Å². The average Bonchev–Trinajstić information content (AvgIpc) is 2.44. The van der Waals surface area contributed by atoms with Gasteiger partial charge in [0.25, 0.3) is 0 Å². The molecule has 1 aromatic carbocycles. The lowest BCUT2D eigenvalue weighted by Crippen LogP contribution is -2.41. The van der Waals surface area contributed by atoms with Crippen LogP contribution in [0.5, 0.6) is 0 Å². The first-order valence-corrected chi connectivity index (χ1v) is 8.24. The minimum atomic E-state index is -3.42. The molecule has 5 heteroatoms. The molecule has 4 nitrogen and oxygen atoms in total. The van der Waals surface area contributed by atoms with Gasteiger partial charge in [0.05, 0.1) is 0 Å². The Labute approximate surface area is 122 Å². The van der Waals surface area contributed by atoms with Crippen molar-refractivity contribution in [2.75, 3.05) is 19.6 Å². The van der Waals surface area contributed by atoms with Gasteiger partial charge in [-0.1, -0.05) is 51.1 Å². The van der Waals surface area contributed by atoms with Crippen molar-refractivity contribution in [1.29, 1.82) is 0 Å². The van der Waals surface area contributed by atoms with Gasteiger partial charge in [-0.05, 0) is 23.6 Å². The van der Waals surface area contributed by atoms with Crippen LogP contribution in [0.25, 0.3) is 6.08 Å². The van der Waals surface area contributed by atoms with Gasteiger partial charge in [-0.25, -0.2) is 8.42 Å². The Morgan fingerprint density at radius 1 is 1.25 bits per heavy atom. The van der Waals surface area contributed by atoms with Crippen LogP contribution in [0.2, 0.25) is 0 Å². The smallest absolute Gasteiger partial charge is 0.236 e. The molecule has 0 aromatic heterocycles. The molecule has 0 radical (unpaired) electrons. The van der Waals surface area contributed by atoms with E-state index in [0.29, 0.717) is 19.6 Å². The first kappa shape index (κ1) is 16.9. The Hall–Kier alpha value is -1.17. The summed E-state index contributed by atoms with van der Waals surface area (Å²) in [5.41, 5.74) is 6.31. The third-order valence-corrected chi connectivity index (χ3v) is 4.69. The maximum Gasteiger partial charge on any atom is 0.236 e. The average molecular weight is 296 g/mol. The summed E-state index contributed by atoms with van der Waals surface area (Å²) in [5, 5.41) is 1.26. The van der Waals surface area contributed by atoms with E-state index in [9.17, 15) is 8.42 Å². The lowest BCUT2D eigenvalue weighted by Gasteiger charge is -2.29. The standard InChI is InChI=1S/C15H24N2O2S/c1-4-17(13-15(2,3)12-16)20(18,19)11-10-14-8-6-5-7-9-14/h5-11H,4,12-13,16H2,1-3H3. The second-order valence-electron chi connectivity index (χ2n) is 5.55. The molecule has 0 saturated heterocycles. The van der Waals surface area contributed by atoms with Gasteiger partial charge in [-0.15, -0.1) is 0 Å². The minimum absolute atomic E-state index is 0.232. The molecule has 0 aliphatic heterocycles. The van der Waals surface area contributed by atoms with Crippen LogP contribution >= 0.6 is 0 Å². The molecule has 1 aromatic rings. The zero-order valence-electron chi connectivity index (χ0n) is 12.4. The van der Waals surface area contributed by atoms with Crippen molar-refractivity contribution in [2.24, 2.45) is 11.1 Å². The molecule has 0 spiro atoms. The van der Waals surface area contributed by atoms with Crippen LogP contribution in [0.4, 0.5) is 0 Å². The summed E-state index contributed by atoms with van der Waals surface area (Å²) in [4.78, 5) is 0. The van der Waals surface area contributed by atoms with Crippen LogP contribution in [0, 0.1) is 5.41 Å². The van der Waals surface area contributed by atoms with Gasteiger partial charge in [0.2, 0.25) is 10.0 Å². The van der Waals surface area contributed by atoms with E-state index in [2.05, 4.69) is 0 Å². The lowest BCUT2D eigenvalue weighted by molar-refractivity contribution is 0.275. The summed E-state index contributed by atoms with van der Waals surface area (Å²) >= 11 is 0. The van der Waals surface area contributed by atoms with Gasteiger partial charge in [0.1, 0.15) is 0 Å². The second kappa shape index (κ2) is 7.02. The van der Waals surface area contributed by atoms with Crippen molar-refractivity contribution in [3.63, 3.8) is 0 Å². The fourth-order valence-corrected chi connectivity index (χ4v) is 3.13. The molecule has 2 N–H and O–H groups in total. The zero-order valence-corrected chi connectivity index (χ0v) is 13.2. The van der Waals surface area contributed by atoms with Crippen molar-refractivity contribution in [2.45, 2.75) is 20.8 Å². The largest absolute Gasteiger partial charge is 0.330 e. The Kier molecular flexibility index (Phi) is 5.92. The summed E-state index contributed by atoms with van der Waals surface area (Å²) in [6.45, 7) is 7.06. The van der Waals surface area contributed by atoms with Crippen molar-refractivity contribution in [3.05, 3.63) is 41.3 Å². The van der Waals surface area contributed by atoms with Crippen molar-refractivity contribution < 1.29 is 8.42 Å². The quantitative estimate of drug-likeness (QED) is 0.839. The molecule has 0 amide bonds. The minimum Gasteiger partial charge on any atom is -0.330 e. The Bertz CT molecular complexity index is 536. The lowest BCUT2D eigenvalue weighted by atomic mass is 9.94. The van der Waals surface area contributed by atoms with E-state index in [1.54, 1.807) is 6.08 Å². The van der Waals surface area contributed by atoms with E-state index in [4.69, 9.17) is 5.73 Å². The van der Waals surface area contributed by atoms with Crippen LogP contribution in [0.3, 0.4) is 0 Å². The first-order valence-electron chi connectivity index (χ1n) is 6.74. The molecule has 0 aliphatic carbocycles. The Morgan fingerprint density at radius 3 is 2.35 bits per heavy atom. The molecule has 0 unspecified atom stereocenters. The molecule has 0 atom stereocenters. The summed E-state index contributed by atoms with van der Waals surface area (Å²) in [5.74, 6) is 0. The normalized spacial score (nSPS) is 13.2. The van der Waals surface area contributed by atoms with Crippen LogP contribution in [-0.4, -0.2) is 32.4 Å². The SMILES string of the molecule is CCN(CC(C)(C)CN)S(=O)(=O)C=Cc1ccccc1. The maximum atomic E-state index is 12.3. The van der Waals surface area contributed by atoms with E-state index in [-0.39, 0.29) is 5.41 Å². The summed E-state index contributed by atoms with van der Waals surface area (Å²) < 4.78 is 26.1. The topological polar surface area (TPSA) is 63.4 Å². The number of nitrogens with two attached hydrogens (primary N) is 1. The molecule has 0 aliphatic rings. The van der Waals surface area contributed by atoms with E-state index in [1.165, 1.54) is 9.71 Å². The first-order chi connectivity index (χ1) is 9.30. The van der Waals surface area contributed by atoms with Crippen molar-refractivity contribution >= 4 is 16.1 Å². The number of hydrogen-bond acceptors (Lipinski definition) is 3. The van der Waals surface area contributed by atoms with Gasteiger partial charge < -0.3 is 5.73 Å². The fraction of sp³-hybridized carbons (Fsp3) is 0.467. The highest BCUT2D eigenvalue weighted by atomic mass is 32.2. The summed E-state index contributed by atoms with van der Waals surface area (Å²) in [6.07, 6.45) is 1.62. The van der Waals surface area contributed by atoms with Gasteiger partial charge in [0.15, 0.2) is 0 Å². The number of benzene rings is 1. The third kappa shape index (κ3) is 5.07. The summed E-state index contributed by atoms with van der Waals surface area (Å²) in [6, 6.07) is 9.38. The van der Waals surface area contributed by atoms with Gasteiger partial charge >= 0.3 is 0 Å². The molecule has 0 heterocycles. The van der Waals surface area contributed by atoms with Crippen molar-refractivity contribution in [3.8, 4) is 0 Å². The zero-order chi connectivity index (χ0) is 15.2.